The average Bonchev–Trinajstić information content (AvgIpc) is 2.58. The van der Waals surface area contributed by atoms with Crippen LogP contribution < -0.4 is 0 Å². The fourth-order valence-electron chi connectivity index (χ4n) is 1.86. The standard InChI is InChI=1S/C22H32O3/c1-2-3-4-15-18-21(23)19-16-13-11-9-7-5-6-8-10-12-14-17-20-22(24)25/h3-4,6-9,12-16,18,21,23H,2,5,10-11,17,19-20H2,1H3,(H,24,25)/b4-3-,8-6-,9-7+,14-12-,16-13-,18-15+. The van der Waals surface area contributed by atoms with Crippen molar-refractivity contribution in [3.8, 4) is 0 Å². The van der Waals surface area contributed by atoms with Gasteiger partial charge < -0.3 is 10.2 Å². The Morgan fingerprint density at radius 2 is 1.40 bits per heavy atom. The van der Waals surface area contributed by atoms with Crippen LogP contribution in [-0.4, -0.2) is 22.3 Å². The van der Waals surface area contributed by atoms with E-state index in [2.05, 4.69) is 37.3 Å². The van der Waals surface area contributed by atoms with E-state index in [1.807, 2.05) is 36.5 Å². The largest absolute Gasteiger partial charge is 0.481 e. The number of carboxylic acid groups (broad SMARTS) is 1. The molecule has 0 rings (SSSR count). The van der Waals surface area contributed by atoms with Crippen LogP contribution in [0.1, 0.15) is 51.9 Å². The Balaban J connectivity index is 3.65. The van der Waals surface area contributed by atoms with E-state index in [1.165, 1.54) is 0 Å². The Labute approximate surface area is 152 Å². The van der Waals surface area contributed by atoms with Crippen LogP contribution in [0.4, 0.5) is 0 Å². The highest BCUT2D eigenvalue weighted by molar-refractivity contribution is 5.66. The number of hydrogen-bond acceptors (Lipinski definition) is 2. The first kappa shape index (κ1) is 22.9. The van der Waals surface area contributed by atoms with Crippen LogP contribution >= 0.6 is 0 Å². The van der Waals surface area contributed by atoms with Crippen LogP contribution in [0.25, 0.3) is 0 Å². The normalized spacial score (nSPS) is 14.3. The summed E-state index contributed by atoms with van der Waals surface area (Å²) in [4.78, 5) is 10.3. The van der Waals surface area contributed by atoms with Crippen molar-refractivity contribution in [2.75, 3.05) is 0 Å². The molecule has 138 valence electrons. The molecule has 0 heterocycles. The van der Waals surface area contributed by atoms with E-state index in [1.54, 1.807) is 6.08 Å². The molecule has 3 nitrogen and oxygen atoms in total. The predicted octanol–water partition coefficient (Wildman–Crippen LogP) is 5.52. The van der Waals surface area contributed by atoms with Gasteiger partial charge in [-0.05, 0) is 38.5 Å². The van der Waals surface area contributed by atoms with E-state index in [0.29, 0.717) is 12.8 Å². The maximum absolute atomic E-state index is 10.3. The lowest BCUT2D eigenvalue weighted by molar-refractivity contribution is -0.136. The molecule has 0 aliphatic carbocycles. The summed E-state index contributed by atoms with van der Waals surface area (Å²) in [7, 11) is 0. The van der Waals surface area contributed by atoms with Crippen molar-refractivity contribution in [3.05, 3.63) is 72.9 Å². The van der Waals surface area contributed by atoms with Crippen LogP contribution in [0.5, 0.6) is 0 Å². The highest BCUT2D eigenvalue weighted by Crippen LogP contribution is 1.99. The molecule has 25 heavy (non-hydrogen) atoms. The summed E-state index contributed by atoms with van der Waals surface area (Å²) in [5, 5.41) is 18.2. The number of rotatable bonds is 14. The van der Waals surface area contributed by atoms with E-state index < -0.39 is 12.1 Å². The number of hydrogen-bond donors (Lipinski definition) is 2. The van der Waals surface area contributed by atoms with Crippen LogP contribution in [-0.2, 0) is 4.79 Å². The third kappa shape index (κ3) is 19.8. The van der Waals surface area contributed by atoms with Crippen LogP contribution in [0, 0.1) is 0 Å². The molecule has 0 saturated heterocycles. The van der Waals surface area contributed by atoms with Crippen molar-refractivity contribution < 1.29 is 15.0 Å². The van der Waals surface area contributed by atoms with Gasteiger partial charge in [0.25, 0.3) is 0 Å². The van der Waals surface area contributed by atoms with Gasteiger partial charge in [0.2, 0.25) is 0 Å². The number of aliphatic hydroxyl groups is 1. The van der Waals surface area contributed by atoms with Gasteiger partial charge in [0.1, 0.15) is 0 Å². The van der Waals surface area contributed by atoms with Gasteiger partial charge in [-0.15, -0.1) is 0 Å². The molecule has 0 aromatic carbocycles. The zero-order valence-electron chi connectivity index (χ0n) is 15.3. The molecule has 0 fully saturated rings. The summed E-state index contributed by atoms with van der Waals surface area (Å²) in [5.74, 6) is -0.755. The lowest BCUT2D eigenvalue weighted by Gasteiger charge is -1.98. The molecular weight excluding hydrogens is 312 g/mol. The fraction of sp³-hybridized carbons (Fsp3) is 0.409. The number of carbonyl (C=O) groups is 1. The Morgan fingerprint density at radius 3 is 1.96 bits per heavy atom. The lowest BCUT2D eigenvalue weighted by Crippen LogP contribution is -1.98. The molecule has 0 bridgehead atoms. The first-order valence-electron chi connectivity index (χ1n) is 9.00. The monoisotopic (exact) mass is 344 g/mol. The predicted molar refractivity (Wildman–Crippen MR) is 106 cm³/mol. The zero-order chi connectivity index (χ0) is 18.6. The molecule has 0 aromatic rings. The zero-order valence-corrected chi connectivity index (χ0v) is 15.3. The van der Waals surface area contributed by atoms with Crippen molar-refractivity contribution in [2.45, 2.75) is 58.0 Å². The molecular formula is C22H32O3. The highest BCUT2D eigenvalue weighted by atomic mass is 16.4. The summed E-state index contributed by atoms with van der Waals surface area (Å²) in [5.41, 5.74) is 0. The summed E-state index contributed by atoms with van der Waals surface area (Å²) in [6.45, 7) is 2.08. The van der Waals surface area contributed by atoms with Gasteiger partial charge in [0.05, 0.1) is 6.10 Å². The van der Waals surface area contributed by atoms with Crippen LogP contribution in [0.3, 0.4) is 0 Å². The number of carboxylic acids is 1. The number of allylic oxidation sites excluding steroid dienone is 10. The third-order valence-electron chi connectivity index (χ3n) is 3.20. The summed E-state index contributed by atoms with van der Waals surface area (Å²) in [6.07, 6.45) is 28.6. The van der Waals surface area contributed by atoms with E-state index in [9.17, 15) is 9.90 Å². The third-order valence-corrected chi connectivity index (χ3v) is 3.20. The molecule has 3 heteroatoms. The van der Waals surface area contributed by atoms with Crippen molar-refractivity contribution in [3.63, 3.8) is 0 Å². The van der Waals surface area contributed by atoms with Crippen molar-refractivity contribution >= 4 is 5.97 Å². The molecule has 0 aliphatic heterocycles. The van der Waals surface area contributed by atoms with Gasteiger partial charge in [-0.25, -0.2) is 0 Å². The number of aliphatic hydroxyl groups excluding tert-OH is 1. The first-order valence-corrected chi connectivity index (χ1v) is 9.00. The SMILES string of the molecule is CC/C=C\C=C\C(O)C/C=C\C/C=C/C/C=C\C/C=C\CCC(=O)O. The van der Waals surface area contributed by atoms with E-state index >= 15 is 0 Å². The van der Waals surface area contributed by atoms with E-state index in [-0.39, 0.29) is 6.42 Å². The molecule has 2 N–H and O–H groups in total. The van der Waals surface area contributed by atoms with Crippen LogP contribution in [0.15, 0.2) is 72.9 Å². The maximum Gasteiger partial charge on any atom is 0.303 e. The fourth-order valence-corrected chi connectivity index (χ4v) is 1.86. The Hall–Kier alpha value is -2.13. The molecule has 0 amide bonds. The highest BCUT2D eigenvalue weighted by Gasteiger charge is 1.92. The minimum absolute atomic E-state index is 0.194. The van der Waals surface area contributed by atoms with Gasteiger partial charge in [-0.3, -0.25) is 4.79 Å². The van der Waals surface area contributed by atoms with E-state index in [4.69, 9.17) is 5.11 Å². The molecule has 0 saturated carbocycles. The summed E-state index contributed by atoms with van der Waals surface area (Å²) >= 11 is 0. The Bertz CT molecular complexity index is 493. The topological polar surface area (TPSA) is 57.5 Å². The van der Waals surface area contributed by atoms with Gasteiger partial charge in [0.15, 0.2) is 0 Å². The average molecular weight is 344 g/mol. The molecule has 0 aromatic heterocycles. The second-order valence-electron chi connectivity index (χ2n) is 5.55. The second-order valence-corrected chi connectivity index (χ2v) is 5.55. The van der Waals surface area contributed by atoms with E-state index in [0.717, 1.165) is 25.7 Å². The van der Waals surface area contributed by atoms with Gasteiger partial charge in [-0.2, -0.15) is 0 Å². The number of aliphatic carboxylic acids is 1. The Kier molecular flexibility index (Phi) is 16.7. The van der Waals surface area contributed by atoms with Gasteiger partial charge in [0, 0.05) is 6.42 Å². The van der Waals surface area contributed by atoms with Crippen molar-refractivity contribution in [1.29, 1.82) is 0 Å². The van der Waals surface area contributed by atoms with Crippen molar-refractivity contribution in [1.82, 2.24) is 0 Å². The smallest absolute Gasteiger partial charge is 0.303 e. The minimum Gasteiger partial charge on any atom is -0.481 e. The first-order chi connectivity index (χ1) is 12.2. The van der Waals surface area contributed by atoms with Crippen LogP contribution in [0.2, 0.25) is 0 Å². The molecule has 1 unspecified atom stereocenters. The molecule has 0 spiro atoms. The molecule has 0 aliphatic rings. The lowest BCUT2D eigenvalue weighted by atomic mass is 10.2. The summed E-state index contributed by atoms with van der Waals surface area (Å²) < 4.78 is 0. The molecule has 1 atom stereocenters. The van der Waals surface area contributed by atoms with Gasteiger partial charge in [-0.1, -0.05) is 79.8 Å². The maximum atomic E-state index is 10.3. The quantitative estimate of drug-likeness (QED) is 0.322. The summed E-state index contributed by atoms with van der Waals surface area (Å²) in [6, 6.07) is 0. The minimum atomic E-state index is -0.755. The molecule has 0 radical (unpaired) electrons. The second kappa shape index (κ2) is 18.2. The van der Waals surface area contributed by atoms with Crippen molar-refractivity contribution in [2.24, 2.45) is 0 Å². The van der Waals surface area contributed by atoms with Gasteiger partial charge >= 0.3 is 5.97 Å². The Morgan fingerprint density at radius 1 is 0.840 bits per heavy atom.